The summed E-state index contributed by atoms with van der Waals surface area (Å²) < 4.78 is 6.20. The highest BCUT2D eigenvalue weighted by atomic mass is 16.3. The van der Waals surface area contributed by atoms with E-state index < -0.39 is 0 Å². The zero-order valence-electron chi connectivity index (χ0n) is 27.5. The minimum Gasteiger partial charge on any atom is -0.456 e. The summed E-state index contributed by atoms with van der Waals surface area (Å²) in [4.78, 5) is 15.1. The molecule has 0 bridgehead atoms. The minimum atomic E-state index is 0.608. The topological polar surface area (TPSA) is 51.8 Å². The van der Waals surface area contributed by atoms with Crippen molar-refractivity contribution in [1.29, 1.82) is 0 Å². The van der Waals surface area contributed by atoms with Crippen LogP contribution in [0.15, 0.2) is 180 Å². The maximum absolute atomic E-state index is 6.20. The molecule has 8 aromatic carbocycles. The van der Waals surface area contributed by atoms with E-state index in [1.54, 1.807) is 0 Å². The van der Waals surface area contributed by atoms with Gasteiger partial charge in [-0.25, -0.2) is 15.0 Å². The average molecular weight is 652 g/mol. The number of fused-ring (bicyclic) bond motifs is 5. The van der Waals surface area contributed by atoms with Crippen molar-refractivity contribution in [2.24, 2.45) is 0 Å². The van der Waals surface area contributed by atoms with Crippen LogP contribution in [0.2, 0.25) is 0 Å². The molecule has 10 rings (SSSR count). The minimum absolute atomic E-state index is 0.608. The fourth-order valence-corrected chi connectivity index (χ4v) is 7.19. The van der Waals surface area contributed by atoms with Gasteiger partial charge in [0.25, 0.3) is 0 Å². The zero-order valence-corrected chi connectivity index (χ0v) is 27.5. The zero-order chi connectivity index (χ0) is 33.7. The van der Waals surface area contributed by atoms with Crippen molar-refractivity contribution < 1.29 is 4.42 Å². The van der Waals surface area contributed by atoms with Crippen LogP contribution in [0.4, 0.5) is 0 Å². The summed E-state index contributed by atoms with van der Waals surface area (Å²) in [6, 6.07) is 61.2. The van der Waals surface area contributed by atoms with Gasteiger partial charge < -0.3 is 4.42 Å². The molecule has 2 aromatic heterocycles. The van der Waals surface area contributed by atoms with Gasteiger partial charge in [0, 0.05) is 27.5 Å². The first-order valence-electron chi connectivity index (χ1n) is 17.1. The first kappa shape index (κ1) is 29.0. The highest BCUT2D eigenvalue weighted by molar-refractivity contribution is 6.11. The van der Waals surface area contributed by atoms with Gasteiger partial charge in [-0.15, -0.1) is 0 Å². The number of furan rings is 1. The second-order valence-corrected chi connectivity index (χ2v) is 12.8. The standard InChI is InChI=1S/C47H29N3O/c1-2-11-32(12-3-1)45-48-46(50-47(49-45)41-17-9-19-43-44(41)40-15-6-7-18-42(40)51-43)33-23-20-31(21-24-33)35-26-27-39-36(29-35)14-8-16-38(39)37-25-22-30-10-4-5-13-34(30)28-37/h1-29H. The molecule has 0 amide bonds. The van der Waals surface area contributed by atoms with Crippen LogP contribution in [0, 0.1) is 0 Å². The maximum atomic E-state index is 6.20. The lowest BCUT2D eigenvalue weighted by molar-refractivity contribution is 0.669. The highest BCUT2D eigenvalue weighted by Crippen LogP contribution is 2.37. The van der Waals surface area contributed by atoms with E-state index in [1.165, 1.54) is 32.7 Å². The smallest absolute Gasteiger partial charge is 0.164 e. The molecule has 0 aliphatic rings. The molecular formula is C47H29N3O. The van der Waals surface area contributed by atoms with Crippen molar-refractivity contribution in [3.05, 3.63) is 176 Å². The predicted molar refractivity (Wildman–Crippen MR) is 209 cm³/mol. The average Bonchev–Trinajstić information content (AvgIpc) is 3.59. The van der Waals surface area contributed by atoms with E-state index in [0.29, 0.717) is 17.5 Å². The number of para-hydroxylation sites is 1. The quantitative estimate of drug-likeness (QED) is 0.186. The molecule has 51 heavy (non-hydrogen) atoms. The monoisotopic (exact) mass is 651 g/mol. The number of hydrogen-bond acceptors (Lipinski definition) is 4. The molecule has 2 heterocycles. The molecule has 0 unspecified atom stereocenters. The Morgan fingerprint density at radius 3 is 1.76 bits per heavy atom. The second kappa shape index (κ2) is 11.9. The molecule has 4 nitrogen and oxygen atoms in total. The molecule has 0 saturated carbocycles. The van der Waals surface area contributed by atoms with Crippen molar-refractivity contribution in [3.8, 4) is 56.4 Å². The summed E-state index contributed by atoms with van der Waals surface area (Å²) in [5, 5.41) is 6.98. The lowest BCUT2D eigenvalue weighted by atomic mass is 9.94. The van der Waals surface area contributed by atoms with Crippen LogP contribution in [0.1, 0.15) is 0 Å². The van der Waals surface area contributed by atoms with E-state index in [-0.39, 0.29) is 0 Å². The maximum Gasteiger partial charge on any atom is 0.164 e. The Bertz CT molecular complexity index is 2910. The van der Waals surface area contributed by atoms with Gasteiger partial charge in [0.15, 0.2) is 17.5 Å². The third-order valence-corrected chi connectivity index (χ3v) is 9.73. The van der Waals surface area contributed by atoms with Gasteiger partial charge in [0.2, 0.25) is 0 Å². The highest BCUT2D eigenvalue weighted by Gasteiger charge is 2.18. The molecule has 238 valence electrons. The van der Waals surface area contributed by atoms with Crippen molar-refractivity contribution in [2.45, 2.75) is 0 Å². The van der Waals surface area contributed by atoms with Crippen LogP contribution in [-0.2, 0) is 0 Å². The fourth-order valence-electron chi connectivity index (χ4n) is 7.19. The van der Waals surface area contributed by atoms with E-state index in [4.69, 9.17) is 19.4 Å². The van der Waals surface area contributed by atoms with Crippen LogP contribution in [0.5, 0.6) is 0 Å². The van der Waals surface area contributed by atoms with Crippen LogP contribution < -0.4 is 0 Å². The Morgan fingerprint density at radius 2 is 0.902 bits per heavy atom. The van der Waals surface area contributed by atoms with Gasteiger partial charge in [0.05, 0.1) is 0 Å². The molecule has 0 spiro atoms. The van der Waals surface area contributed by atoms with Crippen LogP contribution in [0.25, 0.3) is 99.9 Å². The lowest BCUT2D eigenvalue weighted by Crippen LogP contribution is -2.00. The van der Waals surface area contributed by atoms with Gasteiger partial charge in [-0.05, 0) is 68.1 Å². The Labute approximate surface area is 294 Å². The summed E-state index contributed by atoms with van der Waals surface area (Å²) in [5.41, 5.74) is 9.15. The number of nitrogens with zero attached hydrogens (tertiary/aromatic N) is 3. The molecule has 10 aromatic rings. The van der Waals surface area contributed by atoms with Crippen molar-refractivity contribution in [2.75, 3.05) is 0 Å². The Morgan fingerprint density at radius 1 is 0.314 bits per heavy atom. The first-order chi connectivity index (χ1) is 25.2. The number of aromatic nitrogens is 3. The van der Waals surface area contributed by atoms with Gasteiger partial charge in [-0.1, -0.05) is 152 Å². The number of rotatable bonds is 5. The van der Waals surface area contributed by atoms with Crippen LogP contribution in [-0.4, -0.2) is 15.0 Å². The molecule has 0 N–H and O–H groups in total. The Balaban J connectivity index is 1.04. The molecule has 0 saturated heterocycles. The van der Waals surface area contributed by atoms with E-state index in [9.17, 15) is 0 Å². The normalized spacial score (nSPS) is 11.5. The van der Waals surface area contributed by atoms with Crippen molar-refractivity contribution in [1.82, 2.24) is 15.0 Å². The largest absolute Gasteiger partial charge is 0.456 e. The SMILES string of the molecule is c1ccc(-c2nc(-c3ccc(-c4ccc5c(-c6ccc7ccccc7c6)cccc5c4)cc3)nc(-c3cccc4oc5ccccc5c34)n2)cc1. The number of hydrogen-bond donors (Lipinski definition) is 0. The first-order valence-corrected chi connectivity index (χ1v) is 17.1. The van der Waals surface area contributed by atoms with E-state index in [1.807, 2.05) is 60.7 Å². The number of benzene rings is 8. The van der Waals surface area contributed by atoms with Gasteiger partial charge in [-0.3, -0.25) is 0 Å². The summed E-state index contributed by atoms with van der Waals surface area (Å²) in [5.74, 6) is 1.85. The van der Waals surface area contributed by atoms with Crippen LogP contribution >= 0.6 is 0 Å². The predicted octanol–water partition coefficient (Wildman–Crippen LogP) is 12.4. The van der Waals surface area contributed by atoms with E-state index in [0.717, 1.165) is 49.8 Å². The fraction of sp³-hybridized carbons (Fsp3) is 0. The van der Waals surface area contributed by atoms with Gasteiger partial charge in [-0.2, -0.15) is 0 Å². The summed E-state index contributed by atoms with van der Waals surface area (Å²) in [6.45, 7) is 0. The molecule has 0 aliphatic heterocycles. The Kier molecular flexibility index (Phi) is 6.78. The molecule has 4 heteroatoms. The summed E-state index contributed by atoms with van der Waals surface area (Å²) in [6.07, 6.45) is 0. The molecule has 0 radical (unpaired) electrons. The molecular weight excluding hydrogens is 623 g/mol. The molecule has 0 fully saturated rings. The third-order valence-electron chi connectivity index (χ3n) is 9.73. The van der Waals surface area contributed by atoms with Crippen molar-refractivity contribution >= 4 is 43.5 Å². The molecule has 0 atom stereocenters. The van der Waals surface area contributed by atoms with Gasteiger partial charge >= 0.3 is 0 Å². The second-order valence-electron chi connectivity index (χ2n) is 12.8. The summed E-state index contributed by atoms with van der Waals surface area (Å²) >= 11 is 0. The van der Waals surface area contributed by atoms with E-state index >= 15 is 0 Å². The Hall–Kier alpha value is -6.91. The third kappa shape index (κ3) is 5.13. The summed E-state index contributed by atoms with van der Waals surface area (Å²) in [7, 11) is 0. The van der Waals surface area contributed by atoms with Gasteiger partial charge in [0.1, 0.15) is 11.2 Å². The van der Waals surface area contributed by atoms with E-state index in [2.05, 4.69) is 115 Å². The lowest BCUT2D eigenvalue weighted by Gasteiger charge is -2.11. The van der Waals surface area contributed by atoms with Crippen LogP contribution in [0.3, 0.4) is 0 Å². The van der Waals surface area contributed by atoms with Crippen molar-refractivity contribution in [3.63, 3.8) is 0 Å². The molecule has 0 aliphatic carbocycles.